The van der Waals surface area contributed by atoms with Gasteiger partial charge in [0, 0.05) is 18.2 Å². The van der Waals surface area contributed by atoms with E-state index in [0.717, 1.165) is 13.0 Å². The van der Waals surface area contributed by atoms with Crippen molar-refractivity contribution in [2.75, 3.05) is 18.4 Å². The topological polar surface area (TPSA) is 70.2 Å². The molecule has 0 unspecified atom stereocenters. The van der Waals surface area contributed by atoms with Crippen LogP contribution in [0.1, 0.15) is 47.1 Å². The first-order chi connectivity index (χ1) is 12.0. The van der Waals surface area contributed by atoms with Crippen LogP contribution in [0.4, 0.5) is 5.00 Å². The second-order valence-electron chi connectivity index (χ2n) is 5.84. The molecule has 1 aromatic carbocycles. The number of anilines is 1. The summed E-state index contributed by atoms with van der Waals surface area (Å²) in [6.07, 6.45) is 0.933. The minimum absolute atomic E-state index is 0.178. The lowest BCUT2D eigenvalue weighted by molar-refractivity contribution is 0.0951. The van der Waals surface area contributed by atoms with Gasteiger partial charge in [0.2, 0.25) is 0 Å². The van der Waals surface area contributed by atoms with E-state index in [1.54, 1.807) is 23.6 Å². The molecule has 6 heteroatoms. The Morgan fingerprint density at radius 2 is 1.80 bits per heavy atom. The van der Waals surface area contributed by atoms with Gasteiger partial charge in [-0.2, -0.15) is 0 Å². The molecule has 0 radical (unpaired) electrons. The van der Waals surface area contributed by atoms with E-state index in [0.29, 0.717) is 22.7 Å². The van der Waals surface area contributed by atoms with Gasteiger partial charge in [0.1, 0.15) is 5.00 Å². The van der Waals surface area contributed by atoms with Crippen molar-refractivity contribution in [1.82, 2.24) is 10.6 Å². The van der Waals surface area contributed by atoms with Crippen molar-refractivity contribution in [3.05, 3.63) is 52.4 Å². The van der Waals surface area contributed by atoms with Crippen LogP contribution < -0.4 is 16.0 Å². The number of benzene rings is 1. The summed E-state index contributed by atoms with van der Waals surface area (Å²) in [6.45, 7) is 7.50. The Kier molecular flexibility index (Phi) is 7.16. The SMILES string of the molecule is CCN[C@H](C)CNC(=O)c1ccsc1NC(=O)c1ccc(CC)cc1. The van der Waals surface area contributed by atoms with E-state index in [-0.39, 0.29) is 17.9 Å². The minimum atomic E-state index is -0.208. The molecular weight excluding hydrogens is 334 g/mol. The molecule has 5 nitrogen and oxygen atoms in total. The number of carbonyl (C=O) groups is 2. The highest BCUT2D eigenvalue weighted by molar-refractivity contribution is 7.14. The van der Waals surface area contributed by atoms with Crippen molar-refractivity contribution in [1.29, 1.82) is 0 Å². The Hall–Kier alpha value is -2.18. The van der Waals surface area contributed by atoms with Gasteiger partial charge >= 0.3 is 0 Å². The van der Waals surface area contributed by atoms with Crippen LogP contribution in [0.15, 0.2) is 35.7 Å². The van der Waals surface area contributed by atoms with E-state index in [2.05, 4.69) is 22.9 Å². The zero-order valence-corrected chi connectivity index (χ0v) is 15.7. The summed E-state index contributed by atoms with van der Waals surface area (Å²) in [6, 6.07) is 9.42. The van der Waals surface area contributed by atoms with Crippen LogP contribution in [0, 0.1) is 0 Å². The Labute approximate surface area is 152 Å². The minimum Gasteiger partial charge on any atom is -0.350 e. The van der Waals surface area contributed by atoms with Crippen LogP contribution in [0.2, 0.25) is 0 Å². The summed E-state index contributed by atoms with van der Waals surface area (Å²) >= 11 is 1.34. The van der Waals surface area contributed by atoms with E-state index < -0.39 is 0 Å². The van der Waals surface area contributed by atoms with E-state index in [4.69, 9.17) is 0 Å². The molecule has 2 rings (SSSR count). The summed E-state index contributed by atoms with van der Waals surface area (Å²) in [5, 5.41) is 11.3. The second-order valence-corrected chi connectivity index (χ2v) is 6.75. The third-order valence-corrected chi connectivity index (χ3v) is 4.71. The highest BCUT2D eigenvalue weighted by Gasteiger charge is 2.16. The lowest BCUT2D eigenvalue weighted by Crippen LogP contribution is -2.38. The number of rotatable bonds is 8. The number of amides is 2. The number of thiophene rings is 1. The van der Waals surface area contributed by atoms with Gasteiger partial charge < -0.3 is 16.0 Å². The van der Waals surface area contributed by atoms with Gasteiger partial charge in [-0.15, -0.1) is 11.3 Å². The van der Waals surface area contributed by atoms with Crippen molar-refractivity contribution < 1.29 is 9.59 Å². The first kappa shape index (κ1) is 19.1. The summed E-state index contributed by atoms with van der Waals surface area (Å²) < 4.78 is 0. The third-order valence-electron chi connectivity index (χ3n) is 3.88. The highest BCUT2D eigenvalue weighted by Crippen LogP contribution is 2.24. The van der Waals surface area contributed by atoms with Crippen molar-refractivity contribution in [2.45, 2.75) is 33.2 Å². The van der Waals surface area contributed by atoms with Crippen LogP contribution in [0.25, 0.3) is 0 Å². The van der Waals surface area contributed by atoms with Crippen LogP contribution in [0.3, 0.4) is 0 Å². The first-order valence-corrected chi connectivity index (χ1v) is 9.42. The molecule has 3 N–H and O–H groups in total. The van der Waals surface area contributed by atoms with E-state index in [1.165, 1.54) is 16.9 Å². The molecule has 1 aromatic heterocycles. The highest BCUT2D eigenvalue weighted by atomic mass is 32.1. The van der Waals surface area contributed by atoms with E-state index in [1.807, 2.05) is 26.0 Å². The molecule has 25 heavy (non-hydrogen) atoms. The molecule has 2 aromatic rings. The molecule has 0 saturated carbocycles. The van der Waals surface area contributed by atoms with Crippen molar-refractivity contribution in [2.24, 2.45) is 0 Å². The fourth-order valence-electron chi connectivity index (χ4n) is 2.41. The number of likely N-dealkylation sites (N-methyl/N-ethyl adjacent to an activating group) is 1. The normalized spacial score (nSPS) is 11.8. The maximum atomic E-state index is 12.4. The van der Waals surface area contributed by atoms with Crippen molar-refractivity contribution >= 4 is 28.2 Å². The number of aryl methyl sites for hydroxylation is 1. The summed E-state index contributed by atoms with van der Waals surface area (Å²) in [5.74, 6) is -0.386. The Morgan fingerprint density at radius 3 is 2.44 bits per heavy atom. The van der Waals surface area contributed by atoms with Gasteiger partial charge in [0.25, 0.3) is 11.8 Å². The van der Waals surface area contributed by atoms with Crippen LogP contribution in [-0.4, -0.2) is 30.9 Å². The third kappa shape index (κ3) is 5.41. The largest absolute Gasteiger partial charge is 0.350 e. The molecule has 2 amide bonds. The van der Waals surface area contributed by atoms with Gasteiger partial charge in [-0.05, 0) is 49.0 Å². The smallest absolute Gasteiger partial charge is 0.256 e. The first-order valence-electron chi connectivity index (χ1n) is 8.54. The number of hydrogen-bond donors (Lipinski definition) is 3. The van der Waals surface area contributed by atoms with Crippen LogP contribution in [0.5, 0.6) is 0 Å². The molecule has 0 bridgehead atoms. The summed E-state index contributed by atoms with van der Waals surface area (Å²) in [4.78, 5) is 24.7. The lowest BCUT2D eigenvalue weighted by Gasteiger charge is -2.13. The van der Waals surface area contributed by atoms with Crippen LogP contribution >= 0.6 is 11.3 Å². The Bertz CT molecular complexity index is 710. The summed E-state index contributed by atoms with van der Waals surface area (Å²) in [5.41, 5.74) is 2.26. The molecule has 0 saturated heterocycles. The van der Waals surface area contributed by atoms with Gasteiger partial charge in [-0.25, -0.2) is 0 Å². The summed E-state index contributed by atoms with van der Waals surface area (Å²) in [7, 11) is 0. The lowest BCUT2D eigenvalue weighted by atomic mass is 10.1. The maximum absolute atomic E-state index is 12.4. The van der Waals surface area contributed by atoms with Gasteiger partial charge in [-0.3, -0.25) is 9.59 Å². The van der Waals surface area contributed by atoms with Crippen molar-refractivity contribution in [3.8, 4) is 0 Å². The van der Waals surface area contributed by atoms with Crippen LogP contribution in [-0.2, 0) is 6.42 Å². The standard InChI is InChI=1S/C19H25N3O2S/c1-4-14-6-8-15(9-7-14)17(23)22-19-16(10-11-25-19)18(24)21-12-13(3)20-5-2/h6-11,13,20H,4-5,12H2,1-3H3,(H,21,24)(H,22,23)/t13-/m1/s1. The van der Waals surface area contributed by atoms with E-state index in [9.17, 15) is 9.59 Å². The quantitative estimate of drug-likeness (QED) is 0.677. The fraction of sp³-hybridized carbons (Fsp3) is 0.368. The van der Waals surface area contributed by atoms with E-state index >= 15 is 0 Å². The zero-order valence-electron chi connectivity index (χ0n) is 14.9. The Balaban J connectivity index is 2.00. The number of hydrogen-bond acceptors (Lipinski definition) is 4. The predicted molar refractivity (Wildman–Crippen MR) is 104 cm³/mol. The molecule has 0 aliphatic carbocycles. The van der Waals surface area contributed by atoms with Gasteiger partial charge in [0.05, 0.1) is 5.56 Å². The Morgan fingerprint density at radius 1 is 1.08 bits per heavy atom. The second kappa shape index (κ2) is 9.34. The molecule has 1 atom stereocenters. The number of nitrogens with one attached hydrogen (secondary N) is 3. The zero-order chi connectivity index (χ0) is 18.2. The fourth-order valence-corrected chi connectivity index (χ4v) is 3.19. The molecule has 0 spiro atoms. The molecule has 0 fully saturated rings. The molecule has 0 aliphatic rings. The maximum Gasteiger partial charge on any atom is 0.256 e. The molecule has 134 valence electrons. The molecule has 1 heterocycles. The number of carbonyl (C=O) groups excluding carboxylic acids is 2. The molecular formula is C19H25N3O2S. The predicted octanol–water partition coefficient (Wildman–Crippen LogP) is 3.29. The molecule has 0 aliphatic heterocycles. The van der Waals surface area contributed by atoms with Crippen molar-refractivity contribution in [3.63, 3.8) is 0 Å². The van der Waals surface area contributed by atoms with Gasteiger partial charge in [0.15, 0.2) is 0 Å². The monoisotopic (exact) mass is 359 g/mol. The average molecular weight is 359 g/mol. The average Bonchev–Trinajstić information content (AvgIpc) is 3.08. The van der Waals surface area contributed by atoms with Gasteiger partial charge in [-0.1, -0.05) is 26.0 Å².